The third-order valence-corrected chi connectivity index (χ3v) is 2.81. The molecule has 0 fully saturated rings. The lowest BCUT2D eigenvalue weighted by Gasteiger charge is -2.02. The summed E-state index contributed by atoms with van der Waals surface area (Å²) in [6.07, 6.45) is 0. The number of anilines is 1. The first-order valence-corrected chi connectivity index (χ1v) is 5.12. The molecule has 0 radical (unpaired) electrons. The van der Waals surface area contributed by atoms with Crippen LogP contribution in [0.25, 0.3) is 11.3 Å². The number of hydrogen-bond acceptors (Lipinski definition) is 3. The van der Waals surface area contributed by atoms with Crippen LogP contribution in [0.4, 0.5) is 10.2 Å². The van der Waals surface area contributed by atoms with Crippen LogP contribution in [0.1, 0.15) is 0 Å². The molecule has 1 aromatic carbocycles. The number of benzene rings is 1. The predicted octanol–water partition coefficient (Wildman–Crippen LogP) is 3.48. The van der Waals surface area contributed by atoms with E-state index in [0.29, 0.717) is 15.8 Å². The first-order valence-electron chi connectivity index (χ1n) is 3.95. The van der Waals surface area contributed by atoms with Gasteiger partial charge in [0.25, 0.3) is 0 Å². The van der Waals surface area contributed by atoms with E-state index in [2.05, 4.69) is 21.1 Å². The van der Waals surface area contributed by atoms with Crippen molar-refractivity contribution in [2.45, 2.75) is 0 Å². The van der Waals surface area contributed by atoms with Crippen molar-refractivity contribution >= 4 is 33.3 Å². The fraction of sp³-hybridized carbons (Fsp3) is 0. The Labute approximate surface area is 98.1 Å². The molecule has 78 valence electrons. The van der Waals surface area contributed by atoms with Gasteiger partial charge < -0.3 is 10.3 Å². The minimum atomic E-state index is -0.538. The van der Waals surface area contributed by atoms with Crippen LogP contribution in [0.15, 0.2) is 27.2 Å². The molecule has 0 spiro atoms. The fourth-order valence-electron chi connectivity index (χ4n) is 1.13. The molecule has 1 heterocycles. The Bertz CT molecular complexity index is 515. The summed E-state index contributed by atoms with van der Waals surface area (Å²) in [5, 5.41) is 3.47. The number of aromatic nitrogens is 1. The van der Waals surface area contributed by atoms with Gasteiger partial charge in [-0.05, 0) is 28.1 Å². The molecular weight excluding hydrogens is 286 g/mol. The Kier molecular flexibility index (Phi) is 2.67. The molecule has 0 aliphatic rings. The Hall–Kier alpha value is -1.07. The highest BCUT2D eigenvalue weighted by Gasteiger charge is 2.14. The average Bonchev–Trinajstić information content (AvgIpc) is 2.61. The van der Waals surface area contributed by atoms with Crippen molar-refractivity contribution in [1.29, 1.82) is 0 Å². The van der Waals surface area contributed by atoms with E-state index >= 15 is 0 Å². The highest BCUT2D eigenvalue weighted by Crippen LogP contribution is 2.34. The molecule has 0 unspecified atom stereocenters. The number of halogens is 3. The van der Waals surface area contributed by atoms with E-state index in [1.165, 1.54) is 12.1 Å². The third kappa shape index (κ3) is 1.85. The van der Waals surface area contributed by atoms with Crippen LogP contribution in [-0.2, 0) is 0 Å². The molecule has 6 heteroatoms. The molecule has 0 aliphatic heterocycles. The van der Waals surface area contributed by atoms with Gasteiger partial charge in [0.2, 0.25) is 0 Å². The normalized spacial score (nSPS) is 10.6. The monoisotopic (exact) mass is 290 g/mol. The summed E-state index contributed by atoms with van der Waals surface area (Å²) in [5.74, 6) is 0.0254. The standard InChI is InChI=1S/C9H5BrClFN2O/c10-5-2-1-4(8(11)9(5)12)6-3-7(13)14-15-6/h1-3H,(H2,13,14). The minimum absolute atomic E-state index is 0.0273. The maximum Gasteiger partial charge on any atom is 0.170 e. The number of hydrogen-bond donors (Lipinski definition) is 1. The van der Waals surface area contributed by atoms with Gasteiger partial charge in [0.1, 0.15) is 0 Å². The van der Waals surface area contributed by atoms with Gasteiger partial charge in [-0.1, -0.05) is 16.8 Å². The topological polar surface area (TPSA) is 52.0 Å². The molecule has 0 saturated heterocycles. The van der Waals surface area contributed by atoms with Crippen LogP contribution in [0, 0.1) is 5.82 Å². The summed E-state index contributed by atoms with van der Waals surface area (Å²) < 4.78 is 18.6. The molecule has 0 amide bonds. The number of nitrogens with zero attached hydrogens (tertiary/aromatic N) is 1. The molecule has 0 atom stereocenters. The summed E-state index contributed by atoms with van der Waals surface area (Å²) in [7, 11) is 0. The second-order valence-electron chi connectivity index (χ2n) is 2.84. The van der Waals surface area contributed by atoms with Gasteiger partial charge in [0.15, 0.2) is 17.4 Å². The van der Waals surface area contributed by atoms with Gasteiger partial charge in [0, 0.05) is 11.6 Å². The molecule has 0 saturated carbocycles. The predicted molar refractivity (Wildman–Crippen MR) is 59.0 cm³/mol. The zero-order valence-corrected chi connectivity index (χ0v) is 9.64. The number of nitrogens with two attached hydrogens (primary N) is 1. The van der Waals surface area contributed by atoms with Crippen LogP contribution < -0.4 is 5.73 Å². The quantitative estimate of drug-likeness (QED) is 0.818. The molecule has 2 rings (SSSR count). The van der Waals surface area contributed by atoms with E-state index in [-0.39, 0.29) is 10.8 Å². The Morgan fingerprint density at radius 1 is 1.47 bits per heavy atom. The zero-order chi connectivity index (χ0) is 11.0. The minimum Gasteiger partial charge on any atom is -0.381 e. The average molecular weight is 292 g/mol. The number of rotatable bonds is 1. The Morgan fingerprint density at radius 3 is 2.80 bits per heavy atom. The van der Waals surface area contributed by atoms with Crippen molar-refractivity contribution in [3.05, 3.63) is 33.5 Å². The van der Waals surface area contributed by atoms with Crippen molar-refractivity contribution in [2.75, 3.05) is 5.73 Å². The van der Waals surface area contributed by atoms with E-state index in [9.17, 15) is 4.39 Å². The van der Waals surface area contributed by atoms with Crippen LogP contribution in [-0.4, -0.2) is 5.16 Å². The lowest BCUT2D eigenvalue weighted by Crippen LogP contribution is -1.84. The third-order valence-electron chi connectivity index (χ3n) is 1.83. The van der Waals surface area contributed by atoms with E-state index < -0.39 is 5.82 Å². The van der Waals surface area contributed by atoms with Crippen LogP contribution in [0.3, 0.4) is 0 Å². The van der Waals surface area contributed by atoms with Crippen molar-refractivity contribution in [3.8, 4) is 11.3 Å². The molecule has 3 nitrogen and oxygen atoms in total. The summed E-state index contributed by atoms with van der Waals surface area (Å²) >= 11 is 8.84. The largest absolute Gasteiger partial charge is 0.381 e. The van der Waals surface area contributed by atoms with E-state index in [1.54, 1.807) is 6.07 Å². The van der Waals surface area contributed by atoms with E-state index in [4.69, 9.17) is 21.9 Å². The van der Waals surface area contributed by atoms with Gasteiger partial charge in [-0.2, -0.15) is 0 Å². The van der Waals surface area contributed by atoms with Crippen molar-refractivity contribution in [1.82, 2.24) is 5.16 Å². The van der Waals surface area contributed by atoms with Gasteiger partial charge >= 0.3 is 0 Å². The van der Waals surface area contributed by atoms with Gasteiger partial charge in [-0.15, -0.1) is 0 Å². The van der Waals surface area contributed by atoms with Crippen LogP contribution in [0.5, 0.6) is 0 Å². The molecule has 0 aliphatic carbocycles. The molecular formula is C9H5BrClFN2O. The van der Waals surface area contributed by atoms with Crippen molar-refractivity contribution < 1.29 is 8.91 Å². The zero-order valence-electron chi connectivity index (χ0n) is 7.30. The summed E-state index contributed by atoms with van der Waals surface area (Å²) in [6, 6.07) is 4.64. The molecule has 15 heavy (non-hydrogen) atoms. The lowest BCUT2D eigenvalue weighted by molar-refractivity contribution is 0.435. The maximum atomic E-state index is 13.4. The van der Waals surface area contributed by atoms with Gasteiger partial charge in [-0.3, -0.25) is 0 Å². The van der Waals surface area contributed by atoms with Crippen molar-refractivity contribution in [3.63, 3.8) is 0 Å². The Balaban J connectivity index is 2.59. The van der Waals surface area contributed by atoms with Gasteiger partial charge in [-0.25, -0.2) is 4.39 Å². The number of nitrogen functional groups attached to an aromatic ring is 1. The summed E-state index contributed by atoms with van der Waals surface area (Å²) in [4.78, 5) is 0. The van der Waals surface area contributed by atoms with Crippen LogP contribution in [0.2, 0.25) is 5.02 Å². The van der Waals surface area contributed by atoms with E-state index in [0.717, 1.165) is 0 Å². The molecule has 0 bridgehead atoms. The molecule has 2 aromatic rings. The molecule has 1 aromatic heterocycles. The van der Waals surface area contributed by atoms with E-state index in [1.807, 2.05) is 0 Å². The highest BCUT2D eigenvalue weighted by molar-refractivity contribution is 9.10. The smallest absolute Gasteiger partial charge is 0.170 e. The second kappa shape index (κ2) is 3.83. The van der Waals surface area contributed by atoms with Crippen molar-refractivity contribution in [2.24, 2.45) is 0 Å². The first kappa shape index (κ1) is 10.4. The Morgan fingerprint density at radius 2 is 2.20 bits per heavy atom. The van der Waals surface area contributed by atoms with Gasteiger partial charge in [0.05, 0.1) is 9.50 Å². The summed E-state index contributed by atoms with van der Waals surface area (Å²) in [6.45, 7) is 0. The first-order chi connectivity index (χ1) is 7.09. The maximum absolute atomic E-state index is 13.4. The second-order valence-corrected chi connectivity index (χ2v) is 4.07. The summed E-state index contributed by atoms with van der Waals surface area (Å²) in [5.41, 5.74) is 5.80. The molecule has 2 N–H and O–H groups in total. The SMILES string of the molecule is Nc1cc(-c2ccc(Br)c(F)c2Cl)on1. The lowest BCUT2D eigenvalue weighted by atomic mass is 10.1. The highest BCUT2D eigenvalue weighted by atomic mass is 79.9. The fourth-order valence-corrected chi connectivity index (χ4v) is 1.83. The van der Waals surface area contributed by atoms with Crippen LogP contribution >= 0.6 is 27.5 Å².